The molecule has 0 radical (unpaired) electrons. The molecule has 6 nitrogen and oxygen atoms in total. The third-order valence-corrected chi connectivity index (χ3v) is 7.34. The Hall–Kier alpha value is -2.90. The zero-order valence-corrected chi connectivity index (χ0v) is 20.8. The monoisotopic (exact) mass is 508 g/mol. The zero-order chi connectivity index (χ0) is 24.7. The van der Waals surface area contributed by atoms with Crippen molar-refractivity contribution in [3.63, 3.8) is 0 Å². The van der Waals surface area contributed by atoms with Crippen LogP contribution in [-0.4, -0.2) is 34.1 Å². The average Bonchev–Trinajstić information content (AvgIpc) is 3.32. The van der Waals surface area contributed by atoms with Gasteiger partial charge in [0.05, 0.1) is 23.2 Å². The summed E-state index contributed by atoms with van der Waals surface area (Å²) in [7, 11) is 0. The maximum absolute atomic E-state index is 11.6. The molecule has 0 amide bonds. The minimum absolute atomic E-state index is 0.417. The molecule has 5 rings (SSSR count). The lowest BCUT2D eigenvalue weighted by Crippen LogP contribution is -2.44. The van der Waals surface area contributed by atoms with Gasteiger partial charge in [0.1, 0.15) is 0 Å². The van der Waals surface area contributed by atoms with Gasteiger partial charge in [0.25, 0.3) is 0 Å². The fourth-order valence-electron chi connectivity index (χ4n) is 5.18. The topological polar surface area (TPSA) is 71.7 Å². The van der Waals surface area contributed by atoms with Crippen LogP contribution < -0.4 is 10.0 Å². The van der Waals surface area contributed by atoms with Crippen molar-refractivity contribution in [1.29, 1.82) is 0 Å². The molecule has 0 saturated carbocycles. The van der Waals surface area contributed by atoms with E-state index in [2.05, 4.69) is 0 Å². The third-order valence-electron chi connectivity index (χ3n) is 6.78. The van der Waals surface area contributed by atoms with Gasteiger partial charge < -0.3 is 10.2 Å². The second-order valence-electron chi connectivity index (χ2n) is 8.91. The highest BCUT2D eigenvalue weighted by atomic mass is 35.5. The van der Waals surface area contributed by atoms with E-state index in [1.165, 1.54) is 0 Å². The van der Waals surface area contributed by atoms with Crippen molar-refractivity contribution >= 4 is 46.0 Å². The van der Waals surface area contributed by atoms with Crippen molar-refractivity contribution in [3.05, 3.63) is 94.5 Å². The number of rotatable bonds is 5. The van der Waals surface area contributed by atoms with Gasteiger partial charge in [-0.2, -0.15) is 10.2 Å². The lowest BCUT2D eigenvalue weighted by atomic mass is 9.72. The summed E-state index contributed by atoms with van der Waals surface area (Å²) in [5.74, 6) is -1.32. The molecule has 2 aliphatic heterocycles. The minimum atomic E-state index is -0.958. The maximum Gasteiger partial charge on any atom is 0.156 e. The molecule has 0 unspecified atom stereocenters. The van der Waals surface area contributed by atoms with Gasteiger partial charge in [0, 0.05) is 27.4 Å². The van der Waals surface area contributed by atoms with E-state index in [0.29, 0.717) is 10.0 Å². The number of aliphatic hydroxyl groups excluding tert-OH is 2. The van der Waals surface area contributed by atoms with Gasteiger partial charge in [-0.25, -0.2) is 10.0 Å². The number of aliphatic hydroxyl groups is 2. The summed E-state index contributed by atoms with van der Waals surface area (Å²) in [5, 5.41) is 36.8. The van der Waals surface area contributed by atoms with Crippen LogP contribution in [0.25, 0.3) is 0 Å². The van der Waals surface area contributed by atoms with Gasteiger partial charge in [-0.1, -0.05) is 65.7 Å². The Kier molecular flexibility index (Phi) is 6.55. The number of anilines is 2. The molecule has 2 N–H and O–H groups in total. The van der Waals surface area contributed by atoms with Crippen molar-refractivity contribution in [2.24, 2.45) is 22.0 Å². The molecule has 8 heteroatoms. The van der Waals surface area contributed by atoms with Gasteiger partial charge in [-0.3, -0.25) is 0 Å². The molecule has 35 heavy (non-hydrogen) atoms. The minimum Gasteiger partial charge on any atom is -0.371 e. The first kappa shape index (κ1) is 23.8. The van der Waals surface area contributed by atoms with Crippen LogP contribution in [-0.2, 0) is 0 Å². The van der Waals surface area contributed by atoms with Crippen LogP contribution in [0.2, 0.25) is 10.0 Å². The SMILES string of the molecule is CC1=NN(c2ccccc2)[C@H](O)[C@@H]1C(c1ccc(Cl)cc1Cl)[C@@H]1C(C)=NN(c2ccccc2)[C@@H]1O. The van der Waals surface area contributed by atoms with E-state index >= 15 is 0 Å². The third kappa shape index (κ3) is 4.32. The molecule has 2 aliphatic rings. The van der Waals surface area contributed by atoms with Crippen LogP contribution >= 0.6 is 23.2 Å². The van der Waals surface area contributed by atoms with Crippen LogP contribution in [0.1, 0.15) is 25.3 Å². The molecular weight excluding hydrogens is 483 g/mol. The van der Waals surface area contributed by atoms with Crippen molar-refractivity contribution < 1.29 is 10.2 Å². The molecule has 0 bridgehead atoms. The summed E-state index contributed by atoms with van der Waals surface area (Å²) in [4.78, 5) is 0. The standard InChI is InChI=1S/C27H26Cl2N4O2/c1-16-23(26(34)32(30-16)19-9-5-3-6-10-19)25(21-14-13-18(28)15-22(21)29)24-17(2)31-33(27(24)35)20-11-7-4-8-12-20/h3-15,23-27,34-35H,1-2H3/t23-,24-,26+,27+/m0/s1. The molecule has 2 heterocycles. The number of nitrogens with zero attached hydrogens (tertiary/aromatic N) is 4. The van der Waals surface area contributed by atoms with E-state index in [4.69, 9.17) is 33.4 Å². The smallest absolute Gasteiger partial charge is 0.156 e. The first-order valence-electron chi connectivity index (χ1n) is 11.5. The predicted molar refractivity (Wildman–Crippen MR) is 142 cm³/mol. The Morgan fingerprint density at radius 2 is 1.17 bits per heavy atom. The van der Waals surface area contributed by atoms with Gasteiger partial charge >= 0.3 is 0 Å². The first-order valence-corrected chi connectivity index (χ1v) is 12.2. The van der Waals surface area contributed by atoms with Crippen molar-refractivity contribution in [1.82, 2.24) is 0 Å². The van der Waals surface area contributed by atoms with E-state index in [1.807, 2.05) is 80.6 Å². The van der Waals surface area contributed by atoms with Gasteiger partial charge in [-0.15, -0.1) is 0 Å². The van der Waals surface area contributed by atoms with Crippen molar-refractivity contribution in [2.75, 3.05) is 10.0 Å². The van der Waals surface area contributed by atoms with Crippen LogP contribution in [0, 0.1) is 11.8 Å². The molecule has 0 saturated heterocycles. The van der Waals surface area contributed by atoms with Crippen LogP contribution in [0.15, 0.2) is 89.1 Å². The molecule has 0 fully saturated rings. The summed E-state index contributed by atoms with van der Waals surface area (Å²) in [6.07, 6.45) is -1.92. The van der Waals surface area contributed by atoms with Crippen LogP contribution in [0.5, 0.6) is 0 Å². The molecule has 3 aromatic carbocycles. The highest BCUT2D eigenvalue weighted by Crippen LogP contribution is 2.47. The Labute approximate surface area is 214 Å². The van der Waals surface area contributed by atoms with E-state index in [0.717, 1.165) is 28.4 Å². The number of hydrogen-bond acceptors (Lipinski definition) is 6. The molecule has 0 aliphatic carbocycles. The normalized spacial score (nSPS) is 24.2. The molecule has 180 valence electrons. The average molecular weight is 509 g/mol. The Bertz CT molecular complexity index is 1200. The van der Waals surface area contributed by atoms with Gasteiger partial charge in [0.15, 0.2) is 12.5 Å². The predicted octanol–water partition coefficient (Wildman–Crippen LogP) is 5.74. The molecular formula is C27H26Cl2N4O2. The van der Waals surface area contributed by atoms with Crippen molar-refractivity contribution in [3.8, 4) is 0 Å². The summed E-state index contributed by atoms with van der Waals surface area (Å²) in [6.45, 7) is 3.80. The highest BCUT2D eigenvalue weighted by Gasteiger charge is 2.50. The van der Waals surface area contributed by atoms with E-state index in [9.17, 15) is 10.2 Å². The van der Waals surface area contributed by atoms with E-state index in [-0.39, 0.29) is 0 Å². The van der Waals surface area contributed by atoms with Crippen molar-refractivity contribution in [2.45, 2.75) is 32.2 Å². The van der Waals surface area contributed by atoms with Crippen LogP contribution in [0.4, 0.5) is 11.4 Å². The van der Waals surface area contributed by atoms with Crippen LogP contribution in [0.3, 0.4) is 0 Å². The quantitative estimate of drug-likeness (QED) is 0.460. The number of halogens is 2. The summed E-state index contributed by atoms with van der Waals surface area (Å²) < 4.78 is 0. The van der Waals surface area contributed by atoms with E-state index in [1.54, 1.807) is 22.2 Å². The molecule has 0 aromatic heterocycles. The van der Waals surface area contributed by atoms with E-state index < -0.39 is 30.2 Å². The number of benzene rings is 3. The fraction of sp³-hybridized carbons (Fsp3) is 0.259. The summed E-state index contributed by atoms with van der Waals surface area (Å²) >= 11 is 12.9. The Morgan fingerprint density at radius 1 is 0.714 bits per heavy atom. The zero-order valence-electron chi connectivity index (χ0n) is 19.3. The number of para-hydroxylation sites is 2. The summed E-state index contributed by atoms with van der Waals surface area (Å²) in [5.41, 5.74) is 3.83. The Morgan fingerprint density at radius 3 is 1.60 bits per heavy atom. The van der Waals surface area contributed by atoms with Gasteiger partial charge in [0.2, 0.25) is 0 Å². The second-order valence-corrected chi connectivity index (χ2v) is 9.76. The van der Waals surface area contributed by atoms with Gasteiger partial charge in [-0.05, 0) is 55.8 Å². The lowest BCUT2D eigenvalue weighted by Gasteiger charge is -2.36. The fourth-order valence-corrected chi connectivity index (χ4v) is 5.72. The Balaban J connectivity index is 1.59. The number of hydrogen-bond donors (Lipinski definition) is 2. The highest BCUT2D eigenvalue weighted by molar-refractivity contribution is 6.35. The lowest BCUT2D eigenvalue weighted by molar-refractivity contribution is 0.0886. The number of hydrazone groups is 2. The molecule has 0 spiro atoms. The maximum atomic E-state index is 11.6. The second kappa shape index (κ2) is 9.63. The molecule has 4 atom stereocenters. The molecule has 3 aromatic rings. The first-order chi connectivity index (χ1) is 16.9. The largest absolute Gasteiger partial charge is 0.371 e. The summed E-state index contributed by atoms with van der Waals surface area (Å²) in [6, 6.07) is 24.4.